The van der Waals surface area contributed by atoms with Gasteiger partial charge in [-0.2, -0.15) is 0 Å². The van der Waals surface area contributed by atoms with Gasteiger partial charge in [-0.3, -0.25) is 9.69 Å². The van der Waals surface area contributed by atoms with Gasteiger partial charge in [0.15, 0.2) is 0 Å². The minimum atomic E-state index is -0.191. The van der Waals surface area contributed by atoms with Crippen LogP contribution >= 0.6 is 0 Å². The lowest BCUT2D eigenvalue weighted by atomic mass is 10.1. The molecule has 1 aliphatic rings. The van der Waals surface area contributed by atoms with Crippen molar-refractivity contribution in [2.45, 2.75) is 19.9 Å². The lowest BCUT2D eigenvalue weighted by Crippen LogP contribution is -2.30. The number of ether oxygens (including phenoxy) is 1. The van der Waals surface area contributed by atoms with Crippen molar-refractivity contribution in [3.8, 4) is 5.75 Å². The van der Waals surface area contributed by atoms with Gasteiger partial charge < -0.3 is 10.1 Å². The van der Waals surface area contributed by atoms with E-state index in [0.717, 1.165) is 28.3 Å². The summed E-state index contributed by atoms with van der Waals surface area (Å²) in [6.07, 6.45) is 1.99. The fourth-order valence-electron chi connectivity index (χ4n) is 3.48. The number of nitrogens with one attached hydrogen (secondary N) is 1. The molecule has 4 nitrogen and oxygen atoms in total. The van der Waals surface area contributed by atoms with Gasteiger partial charge in [-0.25, -0.2) is 0 Å². The van der Waals surface area contributed by atoms with E-state index in [1.807, 2.05) is 97.6 Å². The molecule has 0 saturated carbocycles. The first-order valence-corrected chi connectivity index (χ1v) is 9.65. The SMILES string of the molecule is COc1ccc([C@H]2C=C(Nc3ccc(C)cc3)C(=O)N2c2ccc(C)cc2)cc1. The number of methoxy groups -OCH3 is 1. The predicted octanol–water partition coefficient (Wildman–Crippen LogP) is 5.40. The van der Waals surface area contributed by atoms with Crippen molar-refractivity contribution in [2.75, 3.05) is 17.3 Å². The molecule has 4 rings (SSSR count). The van der Waals surface area contributed by atoms with E-state index < -0.39 is 0 Å². The van der Waals surface area contributed by atoms with Crippen molar-refractivity contribution in [3.63, 3.8) is 0 Å². The Balaban J connectivity index is 1.71. The summed E-state index contributed by atoms with van der Waals surface area (Å²) in [6, 6.07) is 23.7. The van der Waals surface area contributed by atoms with Crippen molar-refractivity contribution in [1.82, 2.24) is 0 Å². The summed E-state index contributed by atoms with van der Waals surface area (Å²) in [5.41, 5.74) is 5.72. The molecular weight excluding hydrogens is 360 g/mol. The normalized spacial score (nSPS) is 16.0. The maximum Gasteiger partial charge on any atom is 0.275 e. The fourth-order valence-corrected chi connectivity index (χ4v) is 3.48. The van der Waals surface area contributed by atoms with E-state index >= 15 is 0 Å². The van der Waals surface area contributed by atoms with Crippen molar-refractivity contribution in [1.29, 1.82) is 0 Å². The zero-order valence-electron chi connectivity index (χ0n) is 16.8. The quantitative estimate of drug-likeness (QED) is 0.641. The van der Waals surface area contributed by atoms with Crippen LogP contribution in [0.25, 0.3) is 0 Å². The first-order chi connectivity index (χ1) is 14.0. The second kappa shape index (κ2) is 7.84. The smallest absolute Gasteiger partial charge is 0.275 e. The molecular formula is C25H24N2O2. The molecule has 1 aliphatic heterocycles. The van der Waals surface area contributed by atoms with Gasteiger partial charge in [-0.1, -0.05) is 47.5 Å². The molecule has 0 bridgehead atoms. The summed E-state index contributed by atoms with van der Waals surface area (Å²) >= 11 is 0. The van der Waals surface area contributed by atoms with Crippen molar-refractivity contribution in [2.24, 2.45) is 0 Å². The second-order valence-electron chi connectivity index (χ2n) is 7.30. The molecule has 0 aromatic heterocycles. The van der Waals surface area contributed by atoms with E-state index in [9.17, 15) is 4.79 Å². The van der Waals surface area contributed by atoms with Gasteiger partial charge in [0.05, 0.1) is 13.2 Å². The Labute approximate surface area is 171 Å². The highest BCUT2D eigenvalue weighted by molar-refractivity contribution is 6.11. The van der Waals surface area contributed by atoms with Crippen LogP contribution in [0.1, 0.15) is 22.7 Å². The molecule has 3 aromatic rings. The number of carbonyl (C=O) groups excluding carboxylic acids is 1. The third-order valence-corrected chi connectivity index (χ3v) is 5.15. The van der Waals surface area contributed by atoms with Gasteiger partial charge in [0.25, 0.3) is 5.91 Å². The monoisotopic (exact) mass is 384 g/mol. The lowest BCUT2D eigenvalue weighted by Gasteiger charge is -2.25. The number of anilines is 2. The number of aryl methyl sites for hydroxylation is 2. The standard InChI is InChI=1S/C25H24N2O2/c1-17-4-10-20(11-5-17)26-23-16-24(19-8-14-22(29-3)15-9-19)27(25(23)28)21-12-6-18(2)7-13-21/h4-16,24,26H,1-3H3/t24-/m1/s1. The zero-order chi connectivity index (χ0) is 20.4. The molecule has 1 atom stereocenters. The maximum atomic E-state index is 13.3. The van der Waals surface area contributed by atoms with E-state index in [-0.39, 0.29) is 11.9 Å². The molecule has 1 amide bonds. The molecule has 146 valence electrons. The Hall–Kier alpha value is -3.53. The van der Waals surface area contributed by atoms with Gasteiger partial charge in [-0.15, -0.1) is 0 Å². The zero-order valence-corrected chi connectivity index (χ0v) is 16.8. The summed E-state index contributed by atoms with van der Waals surface area (Å²) in [5, 5.41) is 3.30. The van der Waals surface area contributed by atoms with Gasteiger partial charge in [0.2, 0.25) is 0 Å². The number of carbonyl (C=O) groups is 1. The first kappa shape index (κ1) is 18.8. The van der Waals surface area contributed by atoms with Crippen LogP contribution in [-0.4, -0.2) is 13.0 Å². The summed E-state index contributed by atoms with van der Waals surface area (Å²) in [6.45, 7) is 4.09. The van der Waals surface area contributed by atoms with E-state index in [0.29, 0.717) is 5.70 Å². The predicted molar refractivity (Wildman–Crippen MR) is 117 cm³/mol. The van der Waals surface area contributed by atoms with E-state index in [1.54, 1.807) is 7.11 Å². The van der Waals surface area contributed by atoms with Crippen LogP contribution in [0.3, 0.4) is 0 Å². The molecule has 0 spiro atoms. The minimum Gasteiger partial charge on any atom is -0.497 e. The third-order valence-electron chi connectivity index (χ3n) is 5.15. The molecule has 0 radical (unpaired) electrons. The molecule has 1 N–H and O–H groups in total. The summed E-state index contributed by atoms with van der Waals surface area (Å²) < 4.78 is 5.28. The molecule has 0 unspecified atom stereocenters. The lowest BCUT2D eigenvalue weighted by molar-refractivity contribution is -0.114. The number of hydrogen-bond donors (Lipinski definition) is 1. The summed E-state index contributed by atoms with van der Waals surface area (Å²) in [5.74, 6) is 0.747. The fraction of sp³-hybridized carbons (Fsp3) is 0.160. The van der Waals surface area contributed by atoms with Crippen LogP contribution in [0.4, 0.5) is 11.4 Å². The largest absolute Gasteiger partial charge is 0.497 e. The van der Waals surface area contributed by atoms with Gasteiger partial charge in [0.1, 0.15) is 11.4 Å². The molecule has 29 heavy (non-hydrogen) atoms. The van der Waals surface area contributed by atoms with Crippen LogP contribution in [0.5, 0.6) is 5.75 Å². The molecule has 3 aromatic carbocycles. The van der Waals surface area contributed by atoms with Gasteiger partial charge in [-0.05, 0) is 61.9 Å². The van der Waals surface area contributed by atoms with Crippen LogP contribution in [-0.2, 0) is 4.79 Å². The van der Waals surface area contributed by atoms with Crippen LogP contribution in [0.15, 0.2) is 84.6 Å². The Kier molecular flexibility index (Phi) is 5.09. The maximum absolute atomic E-state index is 13.3. The number of rotatable bonds is 5. The van der Waals surface area contributed by atoms with Crippen molar-refractivity contribution >= 4 is 17.3 Å². The van der Waals surface area contributed by atoms with Crippen LogP contribution in [0.2, 0.25) is 0 Å². The molecule has 0 saturated heterocycles. The molecule has 4 heteroatoms. The Morgan fingerprint density at radius 2 is 1.41 bits per heavy atom. The van der Waals surface area contributed by atoms with Crippen LogP contribution < -0.4 is 15.0 Å². The number of benzene rings is 3. The minimum absolute atomic E-state index is 0.0461. The van der Waals surface area contributed by atoms with Crippen molar-refractivity contribution in [3.05, 3.63) is 101 Å². The highest BCUT2D eigenvalue weighted by Gasteiger charge is 2.34. The highest BCUT2D eigenvalue weighted by Crippen LogP contribution is 2.36. The average Bonchev–Trinajstić information content (AvgIpc) is 3.06. The van der Waals surface area contributed by atoms with E-state index in [2.05, 4.69) is 5.32 Å². The van der Waals surface area contributed by atoms with E-state index in [4.69, 9.17) is 4.74 Å². The molecule has 1 heterocycles. The Morgan fingerprint density at radius 1 is 0.828 bits per heavy atom. The number of hydrogen-bond acceptors (Lipinski definition) is 3. The first-order valence-electron chi connectivity index (χ1n) is 9.65. The Bertz CT molecular complexity index is 1040. The van der Waals surface area contributed by atoms with Gasteiger partial charge >= 0.3 is 0 Å². The Morgan fingerprint density at radius 3 is 2.00 bits per heavy atom. The van der Waals surface area contributed by atoms with E-state index in [1.165, 1.54) is 5.56 Å². The molecule has 0 fully saturated rings. The number of nitrogens with zero attached hydrogens (tertiary/aromatic N) is 1. The third kappa shape index (κ3) is 3.87. The number of amides is 1. The summed E-state index contributed by atoms with van der Waals surface area (Å²) in [7, 11) is 1.65. The average molecular weight is 384 g/mol. The second-order valence-corrected chi connectivity index (χ2v) is 7.30. The van der Waals surface area contributed by atoms with Gasteiger partial charge in [0, 0.05) is 11.4 Å². The highest BCUT2D eigenvalue weighted by atomic mass is 16.5. The summed E-state index contributed by atoms with van der Waals surface area (Å²) in [4.78, 5) is 15.2. The van der Waals surface area contributed by atoms with Crippen molar-refractivity contribution < 1.29 is 9.53 Å². The van der Waals surface area contributed by atoms with Crippen LogP contribution in [0, 0.1) is 13.8 Å². The molecule has 0 aliphatic carbocycles. The topological polar surface area (TPSA) is 41.6 Å².